The number of esters is 1. The zero-order valence-electron chi connectivity index (χ0n) is 18.6. The van der Waals surface area contributed by atoms with E-state index in [1.165, 1.54) is 7.11 Å². The summed E-state index contributed by atoms with van der Waals surface area (Å²) >= 11 is 0. The summed E-state index contributed by atoms with van der Waals surface area (Å²) < 4.78 is 10.2. The van der Waals surface area contributed by atoms with Crippen molar-refractivity contribution in [2.45, 2.75) is 13.3 Å². The molecule has 1 fully saturated rings. The number of fused-ring (bicyclic) bond motifs is 1. The highest BCUT2D eigenvalue weighted by Crippen LogP contribution is 2.26. The Morgan fingerprint density at radius 2 is 1.76 bits per heavy atom. The third-order valence-corrected chi connectivity index (χ3v) is 5.75. The van der Waals surface area contributed by atoms with E-state index in [1.807, 2.05) is 13.0 Å². The Bertz CT molecular complexity index is 1120. The van der Waals surface area contributed by atoms with E-state index in [9.17, 15) is 19.2 Å². The van der Waals surface area contributed by atoms with Crippen molar-refractivity contribution in [2.75, 3.05) is 50.2 Å². The van der Waals surface area contributed by atoms with Gasteiger partial charge in [0, 0.05) is 31.7 Å². The molecular weight excluding hydrogens is 426 g/mol. The van der Waals surface area contributed by atoms with E-state index in [2.05, 4.69) is 10.2 Å². The van der Waals surface area contributed by atoms with Crippen molar-refractivity contribution in [2.24, 2.45) is 0 Å². The van der Waals surface area contributed by atoms with Crippen molar-refractivity contribution in [1.29, 1.82) is 0 Å². The van der Waals surface area contributed by atoms with Gasteiger partial charge < -0.3 is 19.7 Å². The van der Waals surface area contributed by atoms with Crippen LogP contribution in [-0.2, 0) is 14.3 Å². The molecule has 0 spiro atoms. The number of nitrogens with one attached hydrogen (secondary N) is 1. The van der Waals surface area contributed by atoms with Crippen LogP contribution in [0.2, 0.25) is 0 Å². The first-order valence-corrected chi connectivity index (χ1v) is 10.7. The fourth-order valence-electron chi connectivity index (χ4n) is 3.97. The molecule has 2 aromatic carbocycles. The van der Waals surface area contributed by atoms with Gasteiger partial charge in [0.2, 0.25) is 5.91 Å². The molecule has 9 nitrogen and oxygen atoms in total. The Labute approximate surface area is 191 Å². The van der Waals surface area contributed by atoms with Crippen LogP contribution < -0.4 is 10.2 Å². The number of aryl methyl sites for hydroxylation is 1. The molecule has 1 saturated heterocycles. The molecule has 2 heterocycles. The van der Waals surface area contributed by atoms with E-state index >= 15 is 0 Å². The number of methoxy groups -OCH3 is 1. The Kier molecular flexibility index (Phi) is 6.41. The second kappa shape index (κ2) is 9.41. The van der Waals surface area contributed by atoms with Crippen LogP contribution in [0.4, 0.5) is 11.4 Å². The van der Waals surface area contributed by atoms with Crippen LogP contribution in [0.1, 0.15) is 43.1 Å². The number of rotatable bonds is 6. The number of hydrogen-bond acceptors (Lipinski definition) is 7. The number of benzene rings is 2. The molecule has 0 aliphatic carbocycles. The Morgan fingerprint density at radius 1 is 1.03 bits per heavy atom. The maximum Gasteiger partial charge on any atom is 0.340 e. The topological polar surface area (TPSA) is 105 Å². The van der Waals surface area contributed by atoms with Crippen LogP contribution in [-0.4, -0.2) is 68.5 Å². The minimum atomic E-state index is -0.573. The molecule has 2 aliphatic rings. The number of ether oxygens (including phenoxy) is 2. The smallest absolute Gasteiger partial charge is 0.340 e. The summed E-state index contributed by atoms with van der Waals surface area (Å²) in [5.74, 6) is -1.81. The highest BCUT2D eigenvalue weighted by molar-refractivity contribution is 6.21. The van der Waals surface area contributed by atoms with Gasteiger partial charge >= 0.3 is 5.97 Å². The lowest BCUT2D eigenvalue weighted by Gasteiger charge is -2.29. The van der Waals surface area contributed by atoms with E-state index < -0.39 is 23.7 Å². The molecule has 2 aliphatic heterocycles. The lowest BCUT2D eigenvalue weighted by molar-refractivity contribution is -0.116. The summed E-state index contributed by atoms with van der Waals surface area (Å²) in [5, 5.41) is 2.71. The molecule has 0 bridgehead atoms. The van der Waals surface area contributed by atoms with Gasteiger partial charge in [-0.1, -0.05) is 11.6 Å². The molecule has 4 rings (SSSR count). The monoisotopic (exact) mass is 451 g/mol. The summed E-state index contributed by atoms with van der Waals surface area (Å²) in [4.78, 5) is 53.3. The average molecular weight is 451 g/mol. The number of carbonyl (C=O) groups excluding carboxylic acids is 4. The summed E-state index contributed by atoms with van der Waals surface area (Å²) in [5.41, 5.74) is 2.95. The first-order valence-electron chi connectivity index (χ1n) is 10.7. The number of hydrogen-bond donors (Lipinski definition) is 1. The summed E-state index contributed by atoms with van der Waals surface area (Å²) in [6.45, 7) is 4.39. The molecule has 0 unspecified atom stereocenters. The average Bonchev–Trinajstić information content (AvgIpc) is 3.06. The maximum atomic E-state index is 12.6. The molecular formula is C24H25N3O6. The van der Waals surface area contributed by atoms with E-state index in [1.54, 1.807) is 30.3 Å². The van der Waals surface area contributed by atoms with E-state index in [0.29, 0.717) is 43.1 Å². The van der Waals surface area contributed by atoms with Crippen molar-refractivity contribution < 1.29 is 28.7 Å². The summed E-state index contributed by atoms with van der Waals surface area (Å²) in [7, 11) is 1.28. The van der Waals surface area contributed by atoms with Crippen molar-refractivity contribution in [3.8, 4) is 0 Å². The fraction of sp³-hybridized carbons (Fsp3) is 0.333. The molecule has 172 valence electrons. The van der Waals surface area contributed by atoms with Gasteiger partial charge in [-0.15, -0.1) is 0 Å². The third-order valence-electron chi connectivity index (χ3n) is 5.75. The molecule has 0 aromatic heterocycles. The van der Waals surface area contributed by atoms with Gasteiger partial charge in [-0.2, -0.15) is 0 Å². The highest BCUT2D eigenvalue weighted by atomic mass is 16.5. The van der Waals surface area contributed by atoms with Crippen LogP contribution >= 0.6 is 0 Å². The van der Waals surface area contributed by atoms with Gasteiger partial charge in [0.1, 0.15) is 0 Å². The molecule has 0 saturated carbocycles. The first kappa shape index (κ1) is 22.5. The van der Waals surface area contributed by atoms with E-state index in [-0.39, 0.29) is 18.5 Å². The number of carbonyl (C=O) groups is 4. The third kappa shape index (κ3) is 4.58. The summed E-state index contributed by atoms with van der Waals surface area (Å²) in [6, 6.07) is 10.2. The van der Waals surface area contributed by atoms with Gasteiger partial charge in [0.25, 0.3) is 11.8 Å². The molecule has 3 amide bonds. The van der Waals surface area contributed by atoms with Crippen LogP contribution in [0.25, 0.3) is 0 Å². The molecule has 9 heteroatoms. The summed E-state index contributed by atoms with van der Waals surface area (Å²) in [6.07, 6.45) is -0.101. The van der Waals surface area contributed by atoms with Crippen molar-refractivity contribution >= 4 is 35.1 Å². The molecule has 33 heavy (non-hydrogen) atoms. The number of amides is 3. The van der Waals surface area contributed by atoms with Crippen molar-refractivity contribution in [3.05, 3.63) is 58.7 Å². The fourth-order valence-corrected chi connectivity index (χ4v) is 3.97. The minimum absolute atomic E-state index is 0.0589. The number of anilines is 2. The Balaban J connectivity index is 1.44. The van der Waals surface area contributed by atoms with Gasteiger partial charge in [-0.25, -0.2) is 4.79 Å². The molecule has 2 aromatic rings. The van der Waals surface area contributed by atoms with Gasteiger partial charge in [0.05, 0.1) is 42.7 Å². The Hall–Kier alpha value is -3.72. The number of morpholine rings is 1. The minimum Gasteiger partial charge on any atom is -0.465 e. The molecule has 1 N–H and O–H groups in total. The maximum absolute atomic E-state index is 12.6. The predicted molar refractivity (Wildman–Crippen MR) is 121 cm³/mol. The lowest BCUT2D eigenvalue weighted by atomic mass is 10.1. The van der Waals surface area contributed by atoms with Crippen LogP contribution in [0.3, 0.4) is 0 Å². The lowest BCUT2D eigenvalue weighted by Crippen LogP contribution is -2.36. The SMILES string of the molecule is COC(=O)c1cc(N2CCOCC2)ccc1NC(=O)CCN1C(=O)c2ccc(C)cc2C1=O. The first-order chi connectivity index (χ1) is 15.9. The zero-order valence-corrected chi connectivity index (χ0v) is 18.6. The van der Waals surface area contributed by atoms with Crippen LogP contribution in [0.15, 0.2) is 36.4 Å². The molecule has 0 atom stereocenters. The van der Waals surface area contributed by atoms with E-state index in [4.69, 9.17) is 9.47 Å². The highest BCUT2D eigenvalue weighted by Gasteiger charge is 2.35. The Morgan fingerprint density at radius 3 is 2.48 bits per heavy atom. The number of imide groups is 1. The van der Waals surface area contributed by atoms with Gasteiger partial charge in [0.15, 0.2) is 0 Å². The van der Waals surface area contributed by atoms with Gasteiger partial charge in [-0.05, 0) is 37.3 Å². The second-order valence-corrected chi connectivity index (χ2v) is 7.93. The van der Waals surface area contributed by atoms with Crippen molar-refractivity contribution in [3.63, 3.8) is 0 Å². The van der Waals surface area contributed by atoms with Crippen molar-refractivity contribution in [1.82, 2.24) is 4.90 Å². The quantitative estimate of drug-likeness (QED) is 0.530. The van der Waals surface area contributed by atoms with Crippen LogP contribution in [0, 0.1) is 6.92 Å². The molecule has 0 radical (unpaired) electrons. The standard InChI is InChI=1S/C24H25N3O6/c1-15-3-5-17-18(13-15)23(30)27(22(17)29)8-7-21(28)25-20-6-4-16(14-19(20)24(31)32-2)26-9-11-33-12-10-26/h3-6,13-14H,7-12H2,1-2H3,(H,25,28). The zero-order chi connectivity index (χ0) is 23.5. The second-order valence-electron chi connectivity index (χ2n) is 7.93. The predicted octanol–water partition coefficient (Wildman–Crippen LogP) is 2.24. The van der Waals surface area contributed by atoms with Gasteiger partial charge in [-0.3, -0.25) is 19.3 Å². The van der Waals surface area contributed by atoms with E-state index in [0.717, 1.165) is 16.2 Å². The van der Waals surface area contributed by atoms with Crippen LogP contribution in [0.5, 0.6) is 0 Å². The number of nitrogens with zero attached hydrogens (tertiary/aromatic N) is 2. The largest absolute Gasteiger partial charge is 0.465 e. The normalized spacial score (nSPS) is 15.5.